The van der Waals surface area contributed by atoms with E-state index in [-0.39, 0.29) is 16.4 Å². The van der Waals surface area contributed by atoms with Crippen LogP contribution in [0.5, 0.6) is 0 Å². The fraction of sp³-hybridized carbons (Fsp3) is 0. The summed E-state index contributed by atoms with van der Waals surface area (Å²) in [6.45, 7) is 0. The average Bonchev–Trinajstić information content (AvgIpc) is 0.722. The zero-order valence-electron chi connectivity index (χ0n) is 3.51. The van der Waals surface area contributed by atoms with Crippen LogP contribution in [0.15, 0.2) is 0 Å². The van der Waals surface area contributed by atoms with Crippen molar-refractivity contribution in [3.63, 3.8) is 0 Å². The van der Waals surface area contributed by atoms with Crippen LogP contribution >= 0.6 is 52.6 Å². The third-order valence-corrected chi connectivity index (χ3v) is 0. The monoisotopic (exact) mass is 418 g/mol. The van der Waals surface area contributed by atoms with E-state index in [0.717, 1.165) is 0 Å². The predicted molar refractivity (Wildman–Crippen MR) is 46.5 cm³/mol. The van der Waals surface area contributed by atoms with Crippen LogP contribution in [-0.4, -0.2) is 16.4 Å². The molecule has 0 atom stereocenters. The van der Waals surface area contributed by atoms with Gasteiger partial charge in [0.1, 0.15) is 0 Å². The van der Waals surface area contributed by atoms with Crippen molar-refractivity contribution in [1.29, 1.82) is 0 Å². The number of halogens is 4. The fourth-order valence-electron chi connectivity index (χ4n) is 0. The van der Waals surface area contributed by atoms with Gasteiger partial charge in [0, 0.05) is 0 Å². The quantitative estimate of drug-likeness (QED) is 0.520. The maximum absolute atomic E-state index is 3.31. The van der Waals surface area contributed by atoms with Crippen molar-refractivity contribution in [2.75, 3.05) is 0 Å². The number of rotatable bonds is 0. The molecule has 0 aliphatic rings. The Morgan fingerprint density at radius 1 is 0.625 bits per heavy atom. The molecule has 0 aliphatic heterocycles. The Balaban J connectivity index is -0.0000000267. The van der Waals surface area contributed by atoms with Gasteiger partial charge in [0.15, 0.2) is 0 Å². The Labute approximate surface area is 76.1 Å². The molecule has 0 aromatic carbocycles. The van der Waals surface area contributed by atoms with E-state index >= 15 is 0 Å². The van der Waals surface area contributed by atoms with E-state index < -0.39 is 8.21 Å². The van der Waals surface area contributed by atoms with Crippen molar-refractivity contribution in [3.8, 4) is 0 Å². The summed E-state index contributed by atoms with van der Waals surface area (Å²) in [7, 11) is -1.75. The molecule has 0 amide bonds. The fourth-order valence-corrected chi connectivity index (χ4v) is 0. The van der Waals surface area contributed by atoms with Gasteiger partial charge in [-0.25, -0.2) is 0 Å². The molecule has 8 heteroatoms. The van der Waals surface area contributed by atoms with Crippen LogP contribution in [0, 0.1) is 0 Å². The minimum atomic E-state index is -1.75. The van der Waals surface area contributed by atoms with Crippen LogP contribution in [-0.2, 0) is 8.21 Å². The van der Waals surface area contributed by atoms with E-state index in [0.29, 0.717) is 0 Å². The first-order chi connectivity index (χ1) is 2.00. The van der Waals surface area contributed by atoms with E-state index in [1.54, 1.807) is 0 Å². The second-order valence-electron chi connectivity index (χ2n) is 0.429. The second-order valence-corrected chi connectivity index (χ2v) is 47.7. The Hall–Kier alpha value is 2.51. The second kappa shape index (κ2) is 9.51. The van der Waals surface area contributed by atoms with Gasteiger partial charge in [-0.05, 0) is 0 Å². The summed E-state index contributed by atoms with van der Waals surface area (Å²) in [5.41, 5.74) is 0. The van der Waals surface area contributed by atoms with Crippen molar-refractivity contribution < 1.29 is 24.6 Å². The van der Waals surface area contributed by atoms with Crippen molar-refractivity contribution in [3.05, 3.63) is 0 Å². The Morgan fingerprint density at radius 3 is 0.625 bits per heavy atom. The molecule has 0 bridgehead atoms. The van der Waals surface area contributed by atoms with Crippen LogP contribution in [0.1, 0.15) is 0 Å². The minimum absolute atomic E-state index is 0. The van der Waals surface area contributed by atoms with E-state index in [1.165, 1.54) is 0 Å². The van der Waals surface area contributed by atoms with Crippen molar-refractivity contribution in [1.82, 2.24) is 0 Å². The summed E-state index contributed by atoms with van der Waals surface area (Å²) < 4.78 is 0. The van der Waals surface area contributed by atoms with Gasteiger partial charge < -0.3 is 16.4 Å². The summed E-state index contributed by atoms with van der Waals surface area (Å²) in [4.78, 5) is 0. The van der Waals surface area contributed by atoms with E-state index in [1.807, 2.05) is 0 Å². The molecule has 56 valence electrons. The zero-order chi connectivity index (χ0) is 4.50. The SMILES string of the molecule is O.O.O.[Br][Ti]([Br])([Br])[Br]. The Morgan fingerprint density at radius 2 is 0.625 bits per heavy atom. The summed E-state index contributed by atoms with van der Waals surface area (Å²) in [6.07, 6.45) is 0. The molecule has 0 heterocycles. The van der Waals surface area contributed by atoms with Gasteiger partial charge in [0.05, 0.1) is 0 Å². The average molecular weight is 422 g/mol. The van der Waals surface area contributed by atoms with Gasteiger partial charge in [-0.2, -0.15) is 0 Å². The molecule has 0 aromatic heterocycles. The molecular weight excluding hydrogens is 415 g/mol. The number of hydrogen-bond acceptors (Lipinski definition) is 0. The molecule has 8 heavy (non-hydrogen) atoms. The first kappa shape index (κ1) is 22.4. The predicted octanol–water partition coefficient (Wildman–Crippen LogP) is 0.906. The summed E-state index contributed by atoms with van der Waals surface area (Å²) in [5.74, 6) is 0. The van der Waals surface area contributed by atoms with Gasteiger partial charge in [-0.15, -0.1) is 0 Å². The van der Waals surface area contributed by atoms with Gasteiger partial charge >= 0.3 is 60.9 Å². The van der Waals surface area contributed by atoms with Crippen molar-refractivity contribution in [2.24, 2.45) is 0 Å². The molecule has 0 radical (unpaired) electrons. The van der Waals surface area contributed by atoms with Gasteiger partial charge in [-0.1, -0.05) is 0 Å². The molecule has 0 rings (SSSR count). The third-order valence-electron chi connectivity index (χ3n) is 0. The molecular formula is H6Br4O3Ti. The molecule has 0 saturated carbocycles. The van der Waals surface area contributed by atoms with Crippen molar-refractivity contribution in [2.45, 2.75) is 0 Å². The standard InChI is InChI=1S/4BrH.3H2O.Ti/h4*1H;3*1H2;/q;;;;;;;+4/p-4. The van der Waals surface area contributed by atoms with Crippen LogP contribution < -0.4 is 0 Å². The normalized spacial score (nSPS) is 7.50. The van der Waals surface area contributed by atoms with Crippen LogP contribution in [0.3, 0.4) is 0 Å². The van der Waals surface area contributed by atoms with Crippen molar-refractivity contribution >= 4 is 52.6 Å². The molecule has 0 saturated heterocycles. The van der Waals surface area contributed by atoms with Gasteiger partial charge in [0.2, 0.25) is 0 Å². The van der Waals surface area contributed by atoms with E-state index in [4.69, 9.17) is 0 Å². The zero-order valence-corrected chi connectivity index (χ0v) is 11.4. The molecule has 0 aliphatic carbocycles. The van der Waals surface area contributed by atoms with Gasteiger partial charge in [-0.3, -0.25) is 0 Å². The van der Waals surface area contributed by atoms with E-state index in [9.17, 15) is 0 Å². The van der Waals surface area contributed by atoms with Crippen LogP contribution in [0.2, 0.25) is 0 Å². The molecule has 0 fully saturated rings. The summed E-state index contributed by atoms with van der Waals surface area (Å²) in [6, 6.07) is 0. The molecule has 6 N–H and O–H groups in total. The first-order valence-corrected chi connectivity index (χ1v) is 16.2. The third kappa shape index (κ3) is 76.0. The molecule has 0 aromatic rings. The molecule has 0 unspecified atom stereocenters. The Kier molecular flexibility index (Phi) is 26.7. The van der Waals surface area contributed by atoms with Crippen LogP contribution in [0.25, 0.3) is 0 Å². The maximum atomic E-state index is 3.31. The molecule has 3 nitrogen and oxygen atoms in total. The van der Waals surface area contributed by atoms with Crippen LogP contribution in [0.4, 0.5) is 0 Å². The van der Waals surface area contributed by atoms with Gasteiger partial charge in [0.25, 0.3) is 0 Å². The molecule has 0 spiro atoms. The topological polar surface area (TPSA) is 94.5 Å². The Bertz CT molecular complexity index is 26.8. The first-order valence-electron chi connectivity index (χ1n) is 0.756. The van der Waals surface area contributed by atoms with E-state index in [2.05, 4.69) is 52.6 Å². The summed E-state index contributed by atoms with van der Waals surface area (Å²) in [5, 5.41) is 0. The number of hydrogen-bond donors (Lipinski definition) is 0. The summed E-state index contributed by atoms with van der Waals surface area (Å²) >= 11 is 13.2.